The van der Waals surface area contributed by atoms with E-state index in [1.807, 2.05) is 82.2 Å². The summed E-state index contributed by atoms with van der Waals surface area (Å²) in [6, 6.07) is 40.8. The highest BCUT2D eigenvalue weighted by molar-refractivity contribution is 9.11. The Morgan fingerprint density at radius 1 is 0.524 bits per heavy atom. The highest BCUT2D eigenvalue weighted by Crippen LogP contribution is 2.32. The van der Waals surface area contributed by atoms with Gasteiger partial charge in [-0.1, -0.05) is 129 Å². The van der Waals surface area contributed by atoms with Gasteiger partial charge in [-0.25, -0.2) is 9.36 Å². The van der Waals surface area contributed by atoms with Crippen LogP contribution in [-0.2, 0) is 22.9 Å². The van der Waals surface area contributed by atoms with E-state index in [4.69, 9.17) is 9.47 Å². The van der Waals surface area contributed by atoms with Crippen molar-refractivity contribution < 1.29 is 9.47 Å². The molecule has 2 aromatic heterocycles. The van der Waals surface area contributed by atoms with E-state index in [0.29, 0.717) is 13.5 Å². The van der Waals surface area contributed by atoms with Crippen molar-refractivity contribution in [2.75, 3.05) is 14.2 Å². The van der Waals surface area contributed by atoms with Crippen molar-refractivity contribution in [1.29, 1.82) is 0 Å². The molecule has 0 spiro atoms. The van der Waals surface area contributed by atoms with Gasteiger partial charge in [-0.3, -0.25) is 0 Å². The van der Waals surface area contributed by atoms with E-state index in [0.717, 1.165) is 54.0 Å². The molecule has 0 N–H and O–H groups in total. The molecule has 0 radical (unpaired) electrons. The van der Waals surface area contributed by atoms with Gasteiger partial charge in [0.25, 0.3) is 0 Å². The molecule has 6 nitrogen and oxygen atoms in total. The Hall–Kier alpha value is -3.82. The zero-order valence-electron chi connectivity index (χ0n) is 23.3. The van der Waals surface area contributed by atoms with Gasteiger partial charge in [-0.15, -0.1) is 0 Å². The summed E-state index contributed by atoms with van der Waals surface area (Å²) in [4.78, 5) is 0. The van der Waals surface area contributed by atoms with Crippen molar-refractivity contribution in [3.8, 4) is 45.0 Å². The summed E-state index contributed by atoms with van der Waals surface area (Å²) in [5.41, 5.74) is 8.35. The third-order valence-corrected chi connectivity index (χ3v) is 7.88. The average molecular weight is 686 g/mol. The molecule has 0 amide bonds. The zero-order chi connectivity index (χ0) is 29.3. The van der Waals surface area contributed by atoms with E-state index in [-0.39, 0.29) is 0 Å². The SMILES string of the molecule is COCn1nc(-c2ccccc2)cc1-c1ccccc1Br.COCn1nc(-c2ccccc2Br)cc1-c1ccccc1. The van der Waals surface area contributed by atoms with E-state index in [2.05, 4.69) is 90.6 Å². The maximum absolute atomic E-state index is 5.26. The number of nitrogens with zero attached hydrogens (tertiary/aromatic N) is 4. The molecule has 0 saturated carbocycles. The van der Waals surface area contributed by atoms with E-state index in [1.54, 1.807) is 14.2 Å². The first-order valence-corrected chi connectivity index (χ1v) is 14.9. The molecule has 0 aliphatic rings. The second kappa shape index (κ2) is 14.4. The zero-order valence-corrected chi connectivity index (χ0v) is 26.5. The van der Waals surface area contributed by atoms with Crippen LogP contribution in [0.4, 0.5) is 0 Å². The van der Waals surface area contributed by atoms with Crippen LogP contribution in [0, 0.1) is 0 Å². The molecular formula is C34H30Br2N4O2. The number of ether oxygens (including phenoxy) is 2. The topological polar surface area (TPSA) is 54.1 Å². The molecule has 6 aromatic rings. The van der Waals surface area contributed by atoms with Crippen LogP contribution in [0.3, 0.4) is 0 Å². The van der Waals surface area contributed by atoms with Gasteiger partial charge in [-0.05, 0) is 29.8 Å². The van der Waals surface area contributed by atoms with Crippen LogP contribution >= 0.6 is 31.9 Å². The lowest BCUT2D eigenvalue weighted by Crippen LogP contribution is -2.04. The van der Waals surface area contributed by atoms with Gasteiger partial charge >= 0.3 is 0 Å². The number of methoxy groups -OCH3 is 2. The Kier molecular flexibility index (Phi) is 10.2. The van der Waals surface area contributed by atoms with Crippen LogP contribution in [0.5, 0.6) is 0 Å². The highest BCUT2D eigenvalue weighted by Gasteiger charge is 2.14. The molecule has 0 saturated heterocycles. The molecule has 0 unspecified atom stereocenters. The second-order valence-corrected chi connectivity index (χ2v) is 11.1. The lowest BCUT2D eigenvalue weighted by atomic mass is 10.1. The van der Waals surface area contributed by atoms with Crippen LogP contribution in [0.2, 0.25) is 0 Å². The van der Waals surface area contributed by atoms with Crippen LogP contribution in [-0.4, -0.2) is 33.8 Å². The predicted molar refractivity (Wildman–Crippen MR) is 176 cm³/mol. The third kappa shape index (κ3) is 6.97. The first-order valence-electron chi connectivity index (χ1n) is 13.3. The van der Waals surface area contributed by atoms with Gasteiger partial charge in [-0.2, -0.15) is 10.2 Å². The lowest BCUT2D eigenvalue weighted by Gasteiger charge is -2.07. The van der Waals surface area contributed by atoms with E-state index < -0.39 is 0 Å². The lowest BCUT2D eigenvalue weighted by molar-refractivity contribution is 0.122. The van der Waals surface area contributed by atoms with Crippen molar-refractivity contribution in [2.24, 2.45) is 0 Å². The van der Waals surface area contributed by atoms with Crippen molar-refractivity contribution >= 4 is 31.9 Å². The number of aromatic nitrogens is 4. The molecule has 0 atom stereocenters. The molecule has 0 aliphatic carbocycles. The molecule has 4 aromatic carbocycles. The van der Waals surface area contributed by atoms with Crippen molar-refractivity contribution in [1.82, 2.24) is 19.6 Å². The van der Waals surface area contributed by atoms with Crippen molar-refractivity contribution in [3.05, 3.63) is 130 Å². The molecule has 0 bridgehead atoms. The van der Waals surface area contributed by atoms with Gasteiger partial charge in [0.05, 0.1) is 22.8 Å². The number of hydrogen-bond acceptors (Lipinski definition) is 4. The fourth-order valence-electron chi connectivity index (χ4n) is 4.55. The summed E-state index contributed by atoms with van der Waals surface area (Å²) in [7, 11) is 3.35. The molecule has 0 fully saturated rings. The summed E-state index contributed by atoms with van der Waals surface area (Å²) in [6.45, 7) is 0.845. The molecular weight excluding hydrogens is 656 g/mol. The molecule has 8 heteroatoms. The molecule has 212 valence electrons. The molecule has 0 aliphatic heterocycles. The quantitative estimate of drug-likeness (QED) is 0.160. The maximum Gasteiger partial charge on any atom is 0.139 e. The molecule has 42 heavy (non-hydrogen) atoms. The average Bonchev–Trinajstić information content (AvgIpc) is 3.64. The van der Waals surface area contributed by atoms with Gasteiger partial charge in [0.2, 0.25) is 0 Å². The van der Waals surface area contributed by atoms with Gasteiger partial charge < -0.3 is 9.47 Å². The standard InChI is InChI=1S/2C17H15BrN2O/c1-21-12-20-17(13-7-3-2-4-8-13)11-16(19-20)14-9-5-6-10-15(14)18;1-21-12-20-17(14-9-5-6-10-15(14)18)11-16(19-20)13-7-3-2-4-8-13/h2*2-11H,12H2,1H3. The summed E-state index contributed by atoms with van der Waals surface area (Å²) in [5, 5.41) is 9.33. The fourth-order valence-corrected chi connectivity index (χ4v) is 5.53. The van der Waals surface area contributed by atoms with Crippen molar-refractivity contribution in [2.45, 2.75) is 13.5 Å². The monoisotopic (exact) mass is 684 g/mol. The maximum atomic E-state index is 5.26. The first-order chi connectivity index (χ1) is 20.6. The van der Waals surface area contributed by atoms with Crippen LogP contribution < -0.4 is 0 Å². The second-order valence-electron chi connectivity index (χ2n) is 9.36. The highest BCUT2D eigenvalue weighted by atomic mass is 79.9. The smallest absolute Gasteiger partial charge is 0.139 e. The Balaban J connectivity index is 0.000000168. The number of benzene rings is 4. The van der Waals surface area contributed by atoms with E-state index in [1.165, 1.54) is 0 Å². The largest absolute Gasteiger partial charge is 0.362 e. The molecule has 6 rings (SSSR count). The summed E-state index contributed by atoms with van der Waals surface area (Å²) < 4.78 is 16.4. The Bertz CT molecular complexity index is 1730. The minimum absolute atomic E-state index is 0.420. The minimum Gasteiger partial charge on any atom is -0.362 e. The number of rotatable bonds is 8. The third-order valence-electron chi connectivity index (χ3n) is 6.50. The number of halogens is 2. The summed E-state index contributed by atoms with van der Waals surface area (Å²) in [5.74, 6) is 0. The fraction of sp³-hybridized carbons (Fsp3) is 0.118. The Morgan fingerprint density at radius 3 is 1.55 bits per heavy atom. The van der Waals surface area contributed by atoms with E-state index in [9.17, 15) is 0 Å². The summed E-state index contributed by atoms with van der Waals surface area (Å²) in [6.07, 6.45) is 0. The van der Waals surface area contributed by atoms with Gasteiger partial charge in [0, 0.05) is 39.9 Å². The predicted octanol–water partition coefficient (Wildman–Crippen LogP) is 9.17. The summed E-state index contributed by atoms with van der Waals surface area (Å²) >= 11 is 7.18. The van der Waals surface area contributed by atoms with E-state index >= 15 is 0 Å². The normalized spacial score (nSPS) is 10.8. The van der Waals surface area contributed by atoms with Gasteiger partial charge in [0.15, 0.2) is 0 Å². The van der Waals surface area contributed by atoms with Crippen LogP contribution in [0.15, 0.2) is 130 Å². The number of hydrogen-bond donors (Lipinski definition) is 0. The van der Waals surface area contributed by atoms with Crippen LogP contribution in [0.1, 0.15) is 0 Å². The molecule has 2 heterocycles. The first kappa shape index (κ1) is 29.7. The Labute approximate surface area is 262 Å². The minimum atomic E-state index is 0.420. The van der Waals surface area contributed by atoms with Crippen molar-refractivity contribution in [3.63, 3.8) is 0 Å². The van der Waals surface area contributed by atoms with Crippen LogP contribution in [0.25, 0.3) is 45.0 Å². The Morgan fingerprint density at radius 2 is 0.976 bits per heavy atom. The van der Waals surface area contributed by atoms with Gasteiger partial charge in [0.1, 0.15) is 13.5 Å².